The van der Waals surface area contributed by atoms with Crippen molar-refractivity contribution in [3.63, 3.8) is 0 Å². The Morgan fingerprint density at radius 1 is 1.63 bits per heavy atom. The molecule has 2 heterocycles. The highest BCUT2D eigenvalue weighted by atomic mass is 32.1. The molecule has 0 fully saturated rings. The predicted octanol–water partition coefficient (Wildman–Crippen LogP) is 0.493. The van der Waals surface area contributed by atoms with Crippen molar-refractivity contribution in [3.8, 4) is 0 Å². The Kier molecular flexibility index (Phi) is 4.23. The fourth-order valence-electron chi connectivity index (χ4n) is 1.55. The highest BCUT2D eigenvalue weighted by Crippen LogP contribution is 2.17. The van der Waals surface area contributed by atoms with Crippen molar-refractivity contribution < 1.29 is 4.79 Å². The lowest BCUT2D eigenvalue weighted by atomic mass is 10.3. The van der Waals surface area contributed by atoms with E-state index in [-0.39, 0.29) is 17.6 Å². The van der Waals surface area contributed by atoms with Crippen LogP contribution in [0, 0.1) is 6.92 Å². The molecule has 8 heteroatoms. The van der Waals surface area contributed by atoms with Gasteiger partial charge in [0.25, 0.3) is 5.91 Å². The number of nitrogens with zero attached hydrogens (tertiary/aromatic N) is 4. The lowest BCUT2D eigenvalue weighted by Gasteiger charge is -2.09. The quantitative estimate of drug-likeness (QED) is 0.830. The molecule has 2 aromatic rings. The summed E-state index contributed by atoms with van der Waals surface area (Å²) in [5.74, 6) is -0.261. The van der Waals surface area contributed by atoms with Crippen LogP contribution in [0.3, 0.4) is 0 Å². The van der Waals surface area contributed by atoms with Gasteiger partial charge in [-0.05, 0) is 13.8 Å². The number of amides is 1. The molecular weight excluding hydrogens is 264 g/mol. The molecule has 1 atom stereocenters. The molecule has 102 valence electrons. The van der Waals surface area contributed by atoms with Crippen LogP contribution in [0.2, 0.25) is 0 Å². The molecule has 1 unspecified atom stereocenters. The van der Waals surface area contributed by atoms with Gasteiger partial charge in [-0.1, -0.05) is 5.21 Å². The Balaban J connectivity index is 1.99. The molecule has 0 aliphatic rings. The lowest BCUT2D eigenvalue weighted by Crippen LogP contribution is -2.27. The minimum absolute atomic E-state index is 0.147. The third kappa shape index (κ3) is 3.36. The molecule has 0 spiro atoms. The smallest absolute Gasteiger partial charge is 0.274 e. The maximum atomic E-state index is 12.0. The van der Waals surface area contributed by atoms with Crippen LogP contribution in [0.1, 0.15) is 34.2 Å². The largest absolute Gasteiger partial charge is 0.342 e. The molecule has 7 nitrogen and oxygen atoms in total. The van der Waals surface area contributed by atoms with Crippen molar-refractivity contribution in [1.82, 2.24) is 25.3 Å². The van der Waals surface area contributed by atoms with Crippen molar-refractivity contribution >= 4 is 17.2 Å². The molecule has 2 aromatic heterocycles. The SMILES string of the molecule is Cc1csc(C(C)NC(=O)c2cn(CCN)nn2)n1. The van der Waals surface area contributed by atoms with Crippen LogP contribution in [0.4, 0.5) is 0 Å². The number of hydrogen-bond acceptors (Lipinski definition) is 6. The van der Waals surface area contributed by atoms with E-state index < -0.39 is 0 Å². The monoisotopic (exact) mass is 280 g/mol. The first-order chi connectivity index (χ1) is 9.10. The second-order valence-corrected chi connectivity index (χ2v) is 5.07. The van der Waals surface area contributed by atoms with E-state index in [0.717, 1.165) is 10.7 Å². The summed E-state index contributed by atoms with van der Waals surface area (Å²) in [6, 6.07) is -0.147. The first-order valence-electron chi connectivity index (χ1n) is 5.93. The number of rotatable bonds is 5. The van der Waals surface area contributed by atoms with Gasteiger partial charge in [-0.2, -0.15) is 0 Å². The second kappa shape index (κ2) is 5.89. The summed E-state index contributed by atoms with van der Waals surface area (Å²) in [5, 5.41) is 13.3. The van der Waals surface area contributed by atoms with E-state index in [9.17, 15) is 4.79 Å². The fourth-order valence-corrected chi connectivity index (χ4v) is 2.35. The van der Waals surface area contributed by atoms with Crippen LogP contribution < -0.4 is 11.1 Å². The van der Waals surface area contributed by atoms with Gasteiger partial charge in [0.05, 0.1) is 18.8 Å². The van der Waals surface area contributed by atoms with Gasteiger partial charge in [0.15, 0.2) is 5.69 Å². The molecule has 0 saturated heterocycles. The second-order valence-electron chi connectivity index (χ2n) is 4.18. The van der Waals surface area contributed by atoms with Gasteiger partial charge in [0.1, 0.15) is 5.01 Å². The zero-order valence-electron chi connectivity index (χ0n) is 10.8. The Labute approximate surface area is 114 Å². The Morgan fingerprint density at radius 2 is 2.42 bits per heavy atom. The van der Waals surface area contributed by atoms with Gasteiger partial charge >= 0.3 is 0 Å². The minimum Gasteiger partial charge on any atom is -0.342 e. The van der Waals surface area contributed by atoms with Gasteiger partial charge in [-0.25, -0.2) is 4.98 Å². The lowest BCUT2D eigenvalue weighted by molar-refractivity contribution is 0.0934. The first-order valence-corrected chi connectivity index (χ1v) is 6.81. The van der Waals surface area contributed by atoms with Crippen LogP contribution >= 0.6 is 11.3 Å². The van der Waals surface area contributed by atoms with E-state index in [1.165, 1.54) is 11.3 Å². The summed E-state index contributed by atoms with van der Waals surface area (Å²) in [6.07, 6.45) is 1.59. The molecule has 3 N–H and O–H groups in total. The van der Waals surface area contributed by atoms with Crippen LogP contribution in [-0.4, -0.2) is 32.4 Å². The van der Waals surface area contributed by atoms with Crippen molar-refractivity contribution in [1.29, 1.82) is 0 Å². The van der Waals surface area contributed by atoms with E-state index in [1.54, 1.807) is 10.9 Å². The van der Waals surface area contributed by atoms with E-state index in [4.69, 9.17) is 5.73 Å². The zero-order chi connectivity index (χ0) is 13.8. The van der Waals surface area contributed by atoms with E-state index in [1.807, 2.05) is 19.2 Å². The summed E-state index contributed by atoms with van der Waals surface area (Å²) in [5.41, 5.74) is 6.65. The number of aromatic nitrogens is 4. The normalized spacial score (nSPS) is 12.4. The highest BCUT2D eigenvalue weighted by Gasteiger charge is 2.16. The van der Waals surface area contributed by atoms with Crippen LogP contribution in [0.5, 0.6) is 0 Å². The molecule has 0 aliphatic heterocycles. The van der Waals surface area contributed by atoms with Gasteiger partial charge < -0.3 is 11.1 Å². The molecule has 1 amide bonds. The number of nitrogens with two attached hydrogens (primary N) is 1. The van der Waals surface area contributed by atoms with E-state index >= 15 is 0 Å². The van der Waals surface area contributed by atoms with Gasteiger partial charge in [-0.3, -0.25) is 9.48 Å². The van der Waals surface area contributed by atoms with Gasteiger partial charge in [-0.15, -0.1) is 16.4 Å². The number of nitrogens with one attached hydrogen (secondary N) is 1. The van der Waals surface area contributed by atoms with Crippen molar-refractivity contribution in [2.75, 3.05) is 6.54 Å². The zero-order valence-corrected chi connectivity index (χ0v) is 11.6. The highest BCUT2D eigenvalue weighted by molar-refractivity contribution is 7.09. The fraction of sp³-hybridized carbons (Fsp3) is 0.455. The van der Waals surface area contributed by atoms with Gasteiger partial charge in [0.2, 0.25) is 0 Å². The Morgan fingerprint density at radius 3 is 3.05 bits per heavy atom. The average Bonchev–Trinajstić information content (AvgIpc) is 2.98. The topological polar surface area (TPSA) is 98.7 Å². The first kappa shape index (κ1) is 13.6. The molecule has 0 aliphatic carbocycles. The van der Waals surface area contributed by atoms with Crippen molar-refractivity contribution in [3.05, 3.63) is 28.0 Å². The molecule has 0 aromatic carbocycles. The third-order valence-corrected chi connectivity index (χ3v) is 3.63. The number of hydrogen-bond donors (Lipinski definition) is 2. The number of thiazole rings is 1. The Bertz CT molecular complexity index is 563. The number of aryl methyl sites for hydroxylation is 1. The molecule has 0 saturated carbocycles. The van der Waals surface area contributed by atoms with E-state index in [2.05, 4.69) is 20.6 Å². The summed E-state index contributed by atoms with van der Waals surface area (Å²) >= 11 is 1.52. The molecule has 2 rings (SSSR count). The molecule has 0 bridgehead atoms. The van der Waals surface area contributed by atoms with Crippen LogP contribution in [0.15, 0.2) is 11.6 Å². The predicted molar refractivity (Wildman–Crippen MR) is 71.8 cm³/mol. The summed E-state index contributed by atoms with van der Waals surface area (Å²) in [6.45, 7) is 4.81. The minimum atomic E-state index is -0.261. The van der Waals surface area contributed by atoms with Crippen LogP contribution in [-0.2, 0) is 6.54 Å². The number of carbonyl (C=O) groups is 1. The third-order valence-electron chi connectivity index (χ3n) is 2.48. The summed E-state index contributed by atoms with van der Waals surface area (Å²) in [4.78, 5) is 16.3. The molecular formula is C11H16N6OS. The maximum Gasteiger partial charge on any atom is 0.274 e. The van der Waals surface area contributed by atoms with Crippen molar-refractivity contribution in [2.24, 2.45) is 5.73 Å². The van der Waals surface area contributed by atoms with Gasteiger partial charge in [0, 0.05) is 17.6 Å². The summed E-state index contributed by atoms with van der Waals surface area (Å²) < 4.78 is 1.55. The molecule has 0 radical (unpaired) electrons. The van der Waals surface area contributed by atoms with Crippen LogP contribution in [0.25, 0.3) is 0 Å². The van der Waals surface area contributed by atoms with Crippen molar-refractivity contribution in [2.45, 2.75) is 26.4 Å². The average molecular weight is 280 g/mol. The number of carbonyl (C=O) groups excluding carboxylic acids is 1. The maximum absolute atomic E-state index is 12.0. The summed E-state index contributed by atoms with van der Waals surface area (Å²) in [7, 11) is 0. The van der Waals surface area contributed by atoms with E-state index in [0.29, 0.717) is 13.1 Å². The Hall–Kier alpha value is -1.80. The molecule has 19 heavy (non-hydrogen) atoms. The standard InChI is InChI=1S/C11H16N6OS/c1-7-6-19-11(13-7)8(2)14-10(18)9-5-17(4-3-12)16-15-9/h5-6,8H,3-4,12H2,1-2H3,(H,14,18).